The largest absolute Gasteiger partial charge is 0.434 e. The summed E-state index contributed by atoms with van der Waals surface area (Å²) in [5.41, 5.74) is -0.369. The van der Waals surface area contributed by atoms with Gasteiger partial charge < -0.3 is 10.1 Å². The maximum absolute atomic E-state index is 11.5. The highest BCUT2D eigenvalue weighted by molar-refractivity contribution is 9.10. The van der Waals surface area contributed by atoms with Gasteiger partial charge in [-0.1, -0.05) is 22.0 Å². The Kier molecular flexibility index (Phi) is 4.62. The number of benzene rings is 1. The van der Waals surface area contributed by atoms with E-state index < -0.39 is 4.92 Å². The molecule has 0 saturated heterocycles. The molecule has 120 valence electrons. The second-order valence-corrected chi connectivity index (χ2v) is 5.44. The van der Waals surface area contributed by atoms with Gasteiger partial charge in [0.15, 0.2) is 0 Å². The van der Waals surface area contributed by atoms with E-state index in [0.29, 0.717) is 11.6 Å². The minimum atomic E-state index is -0.598. The number of hydrogen-bond acceptors (Lipinski definition) is 7. The first kappa shape index (κ1) is 15.8. The number of halogens is 1. The van der Waals surface area contributed by atoms with Crippen LogP contribution < -0.4 is 10.1 Å². The third-order valence-corrected chi connectivity index (χ3v) is 3.44. The molecule has 0 unspecified atom stereocenters. The third kappa shape index (κ3) is 3.63. The van der Waals surface area contributed by atoms with Crippen molar-refractivity contribution in [3.05, 3.63) is 69.6 Å². The topological polar surface area (TPSA) is 103 Å². The van der Waals surface area contributed by atoms with Crippen LogP contribution in [0.15, 0.2) is 59.5 Å². The zero-order valence-electron chi connectivity index (χ0n) is 12.1. The predicted octanol–water partition coefficient (Wildman–Crippen LogP) is 4.08. The molecule has 0 fully saturated rings. The van der Waals surface area contributed by atoms with Gasteiger partial charge in [0.25, 0.3) is 0 Å². The Labute approximate surface area is 144 Å². The molecule has 0 aliphatic rings. The normalized spacial score (nSPS) is 10.2. The molecule has 0 bridgehead atoms. The van der Waals surface area contributed by atoms with Crippen LogP contribution in [0.4, 0.5) is 17.3 Å². The Balaban J connectivity index is 1.96. The smallest absolute Gasteiger partial charge is 0.373 e. The van der Waals surface area contributed by atoms with E-state index in [2.05, 4.69) is 36.2 Å². The summed E-state index contributed by atoms with van der Waals surface area (Å²) in [6, 6.07) is 12.0. The fraction of sp³-hybridized carbons (Fsp3) is 0. The number of nitro groups is 1. The zero-order chi connectivity index (χ0) is 16.9. The molecule has 1 aromatic carbocycles. The third-order valence-electron chi connectivity index (χ3n) is 2.91. The summed E-state index contributed by atoms with van der Waals surface area (Å²) in [6.45, 7) is 0. The summed E-state index contributed by atoms with van der Waals surface area (Å²) >= 11 is 3.31. The van der Waals surface area contributed by atoms with E-state index in [4.69, 9.17) is 4.74 Å². The van der Waals surface area contributed by atoms with E-state index in [0.717, 1.165) is 4.47 Å². The lowest BCUT2D eigenvalue weighted by molar-refractivity contribution is -0.385. The van der Waals surface area contributed by atoms with Gasteiger partial charge in [0, 0.05) is 10.7 Å². The zero-order valence-corrected chi connectivity index (χ0v) is 13.7. The average molecular weight is 388 g/mol. The van der Waals surface area contributed by atoms with Crippen LogP contribution in [0.3, 0.4) is 0 Å². The number of nitrogens with zero attached hydrogens (tertiary/aromatic N) is 4. The van der Waals surface area contributed by atoms with Gasteiger partial charge in [-0.05, 0) is 36.4 Å². The molecule has 0 spiro atoms. The van der Waals surface area contributed by atoms with Crippen molar-refractivity contribution in [1.82, 2.24) is 15.0 Å². The van der Waals surface area contributed by atoms with Crippen LogP contribution >= 0.6 is 15.9 Å². The first-order valence-corrected chi connectivity index (χ1v) is 7.53. The van der Waals surface area contributed by atoms with Gasteiger partial charge >= 0.3 is 11.6 Å². The summed E-state index contributed by atoms with van der Waals surface area (Å²) in [4.78, 5) is 22.7. The van der Waals surface area contributed by atoms with Crippen molar-refractivity contribution in [3.63, 3.8) is 0 Å². The van der Waals surface area contributed by atoms with E-state index in [1.54, 1.807) is 48.7 Å². The second-order valence-electron chi connectivity index (χ2n) is 4.53. The average Bonchev–Trinajstić information content (AvgIpc) is 2.58. The number of rotatable bonds is 5. The first-order chi connectivity index (χ1) is 11.6. The quantitative estimate of drug-likeness (QED) is 0.519. The molecule has 0 amide bonds. The van der Waals surface area contributed by atoms with Gasteiger partial charge in [-0.15, -0.1) is 0 Å². The van der Waals surface area contributed by atoms with Crippen LogP contribution in [0.2, 0.25) is 0 Å². The molecule has 0 aliphatic heterocycles. The summed E-state index contributed by atoms with van der Waals surface area (Å²) in [5.74, 6) is 0.689. The Hall–Kier alpha value is -3.07. The van der Waals surface area contributed by atoms with Crippen LogP contribution in [-0.4, -0.2) is 19.9 Å². The fourth-order valence-electron chi connectivity index (χ4n) is 1.87. The summed E-state index contributed by atoms with van der Waals surface area (Å²) in [7, 11) is 0. The fourth-order valence-corrected chi connectivity index (χ4v) is 2.13. The molecule has 24 heavy (non-hydrogen) atoms. The molecular formula is C15H10BrN5O3. The molecule has 1 N–H and O–H groups in total. The van der Waals surface area contributed by atoms with Crippen molar-refractivity contribution in [3.8, 4) is 11.6 Å². The highest BCUT2D eigenvalue weighted by atomic mass is 79.9. The van der Waals surface area contributed by atoms with Crippen LogP contribution in [0.25, 0.3) is 0 Å². The van der Waals surface area contributed by atoms with Crippen molar-refractivity contribution >= 4 is 33.3 Å². The minimum absolute atomic E-state index is 0.000752. The van der Waals surface area contributed by atoms with E-state index >= 15 is 0 Å². The van der Waals surface area contributed by atoms with Crippen molar-refractivity contribution in [1.29, 1.82) is 0 Å². The SMILES string of the molecule is O=[N+]([O-])c1c(Nc2ccccn2)ncnc1Oc1ccc(Br)cc1. The monoisotopic (exact) mass is 387 g/mol. The molecule has 0 atom stereocenters. The standard InChI is InChI=1S/C15H10BrN5O3/c16-10-4-6-11(7-5-10)24-15-13(21(22)23)14(18-9-19-15)20-12-3-1-2-8-17-12/h1-9H,(H,17,18,19,20). The van der Waals surface area contributed by atoms with E-state index in [-0.39, 0.29) is 17.4 Å². The van der Waals surface area contributed by atoms with Crippen molar-refractivity contribution in [2.24, 2.45) is 0 Å². The molecular weight excluding hydrogens is 378 g/mol. The minimum Gasteiger partial charge on any atom is -0.434 e. The van der Waals surface area contributed by atoms with E-state index in [1.165, 1.54) is 6.33 Å². The lowest BCUT2D eigenvalue weighted by Gasteiger charge is -2.08. The highest BCUT2D eigenvalue weighted by Gasteiger charge is 2.25. The lowest BCUT2D eigenvalue weighted by Crippen LogP contribution is -2.04. The Bertz CT molecular complexity index is 859. The predicted molar refractivity (Wildman–Crippen MR) is 90.4 cm³/mol. The molecule has 2 heterocycles. The summed E-state index contributed by atoms with van der Waals surface area (Å²) in [5, 5.41) is 14.3. The van der Waals surface area contributed by atoms with E-state index in [1.807, 2.05) is 0 Å². The molecule has 3 rings (SSSR count). The molecule has 9 heteroatoms. The van der Waals surface area contributed by atoms with Crippen molar-refractivity contribution < 1.29 is 9.66 Å². The van der Waals surface area contributed by atoms with Gasteiger partial charge in [0.1, 0.15) is 17.9 Å². The van der Waals surface area contributed by atoms with Gasteiger partial charge in [-0.3, -0.25) is 10.1 Å². The second kappa shape index (κ2) is 7.01. The van der Waals surface area contributed by atoms with Crippen molar-refractivity contribution in [2.75, 3.05) is 5.32 Å². The van der Waals surface area contributed by atoms with Gasteiger partial charge in [-0.25, -0.2) is 9.97 Å². The highest BCUT2D eigenvalue weighted by Crippen LogP contribution is 2.35. The lowest BCUT2D eigenvalue weighted by atomic mass is 10.3. The molecule has 8 nitrogen and oxygen atoms in total. The first-order valence-electron chi connectivity index (χ1n) is 6.74. The van der Waals surface area contributed by atoms with Crippen LogP contribution in [0.5, 0.6) is 11.6 Å². The maximum atomic E-state index is 11.5. The molecule has 0 radical (unpaired) electrons. The van der Waals surface area contributed by atoms with Crippen LogP contribution in [0.1, 0.15) is 0 Å². The molecule has 0 saturated carbocycles. The molecule has 3 aromatic rings. The number of ether oxygens (including phenoxy) is 1. The Morgan fingerprint density at radius 3 is 2.54 bits per heavy atom. The molecule has 0 aliphatic carbocycles. The number of pyridine rings is 1. The van der Waals surface area contributed by atoms with Gasteiger partial charge in [0.2, 0.25) is 5.82 Å². The summed E-state index contributed by atoms with van der Waals surface area (Å²) < 4.78 is 6.40. The van der Waals surface area contributed by atoms with Crippen LogP contribution in [0, 0.1) is 10.1 Å². The van der Waals surface area contributed by atoms with E-state index in [9.17, 15) is 10.1 Å². The number of aromatic nitrogens is 3. The van der Waals surface area contributed by atoms with Gasteiger partial charge in [-0.2, -0.15) is 4.98 Å². The number of anilines is 2. The Morgan fingerprint density at radius 2 is 1.88 bits per heavy atom. The number of nitrogens with one attached hydrogen (secondary N) is 1. The summed E-state index contributed by atoms with van der Waals surface area (Å²) in [6.07, 6.45) is 2.75. The number of hydrogen-bond donors (Lipinski definition) is 1. The van der Waals surface area contributed by atoms with Crippen LogP contribution in [-0.2, 0) is 0 Å². The van der Waals surface area contributed by atoms with Crippen molar-refractivity contribution in [2.45, 2.75) is 0 Å². The van der Waals surface area contributed by atoms with Gasteiger partial charge in [0.05, 0.1) is 4.92 Å². The Morgan fingerprint density at radius 1 is 1.08 bits per heavy atom. The molecule has 2 aromatic heterocycles. The maximum Gasteiger partial charge on any atom is 0.373 e.